The third-order valence-corrected chi connectivity index (χ3v) is 3.28. The molecule has 0 bridgehead atoms. The summed E-state index contributed by atoms with van der Waals surface area (Å²) in [7, 11) is 0. The Morgan fingerprint density at radius 3 is 1.48 bits per heavy atom. The molecule has 2 rings (SSSR count). The fraction of sp³-hybridized carbons (Fsp3) is 0.357. The van der Waals surface area contributed by atoms with Gasteiger partial charge in [0.15, 0.2) is 0 Å². The van der Waals surface area contributed by atoms with Crippen LogP contribution < -0.4 is 21.7 Å². The predicted molar refractivity (Wildman–Crippen MR) is 71.9 cm³/mol. The molecule has 0 heterocycles. The van der Waals surface area contributed by atoms with Crippen LogP contribution in [0.15, 0.2) is 18.2 Å². The predicted octanol–water partition coefficient (Wildman–Crippen LogP) is -2.07. The normalized spacial score (nSPS) is 19.0. The molecule has 1 aromatic carbocycles. The van der Waals surface area contributed by atoms with Gasteiger partial charge in [-0.25, -0.2) is 4.79 Å². The number of rotatable bonds is 3. The maximum absolute atomic E-state index is 10.5. The van der Waals surface area contributed by atoms with Gasteiger partial charge in [0.2, 0.25) is 0 Å². The second-order valence-corrected chi connectivity index (χ2v) is 4.94. The van der Waals surface area contributed by atoms with Crippen molar-refractivity contribution in [3.8, 4) is 0 Å². The van der Waals surface area contributed by atoms with Crippen molar-refractivity contribution >= 4 is 17.9 Å². The van der Waals surface area contributed by atoms with Crippen molar-refractivity contribution in [2.45, 2.75) is 31.3 Å². The van der Waals surface area contributed by atoms with E-state index in [2.05, 4.69) is 0 Å². The van der Waals surface area contributed by atoms with Crippen molar-refractivity contribution < 1.29 is 50.8 Å². The third-order valence-electron chi connectivity index (χ3n) is 3.28. The summed E-state index contributed by atoms with van der Waals surface area (Å²) in [6.07, 6.45) is 3.48. The van der Waals surface area contributed by atoms with E-state index in [0.717, 1.165) is 31.0 Å². The Morgan fingerprint density at radius 2 is 1.26 bits per heavy atom. The van der Waals surface area contributed by atoms with Gasteiger partial charge in [-0.2, -0.15) is 0 Å². The molecule has 2 atom stereocenters. The van der Waals surface area contributed by atoms with Crippen LogP contribution in [0.25, 0.3) is 0 Å². The molecule has 1 aliphatic carbocycles. The first-order valence-corrected chi connectivity index (χ1v) is 6.54. The number of aromatic carboxylic acids is 3. The summed E-state index contributed by atoms with van der Waals surface area (Å²) in [5.74, 6) is -4.73. The van der Waals surface area contributed by atoms with Crippen LogP contribution in [0.4, 0.5) is 0 Å². The Hall–Kier alpha value is -1.76. The van der Waals surface area contributed by atoms with Crippen LogP contribution in [0.2, 0.25) is 0 Å². The van der Waals surface area contributed by atoms with Crippen molar-refractivity contribution in [1.29, 1.82) is 0 Å². The minimum Gasteiger partial charge on any atom is -0.545 e. The van der Waals surface area contributed by atoms with Gasteiger partial charge >= 0.3 is 27.0 Å². The van der Waals surface area contributed by atoms with Crippen molar-refractivity contribution in [1.82, 2.24) is 0 Å². The van der Waals surface area contributed by atoms with Gasteiger partial charge in [0.1, 0.15) is 0 Å². The number of nitrogens with two attached hydrogens (primary N) is 2. The zero-order chi connectivity index (χ0) is 16.9. The SMILES string of the molecule is NC1CCCC1N.O=C([O-])c1cc(C(=O)[O-])cc(C(=O)O)c1.[Pt+2]. The van der Waals surface area contributed by atoms with Crippen LogP contribution in [0, 0.1) is 0 Å². The minimum absolute atomic E-state index is 0. The molecule has 1 saturated carbocycles. The van der Waals surface area contributed by atoms with Crippen molar-refractivity contribution in [2.24, 2.45) is 11.5 Å². The average molecular weight is 503 g/mol. The fourth-order valence-electron chi connectivity index (χ4n) is 2.00. The summed E-state index contributed by atoms with van der Waals surface area (Å²) in [5, 5.41) is 29.4. The summed E-state index contributed by atoms with van der Waals surface area (Å²) in [6.45, 7) is 0. The average Bonchev–Trinajstić information content (AvgIpc) is 2.82. The van der Waals surface area contributed by atoms with Crippen molar-refractivity contribution in [3.05, 3.63) is 34.9 Å². The van der Waals surface area contributed by atoms with Crippen molar-refractivity contribution in [2.75, 3.05) is 0 Å². The topological polar surface area (TPSA) is 170 Å². The monoisotopic (exact) mass is 503 g/mol. The smallest absolute Gasteiger partial charge is 0.545 e. The van der Waals surface area contributed by atoms with Gasteiger partial charge in [-0.1, -0.05) is 6.42 Å². The van der Waals surface area contributed by atoms with E-state index >= 15 is 0 Å². The van der Waals surface area contributed by atoms with Gasteiger partial charge < -0.3 is 36.4 Å². The molecule has 5 N–H and O–H groups in total. The van der Waals surface area contributed by atoms with E-state index in [1.54, 1.807) is 0 Å². The van der Waals surface area contributed by atoms with E-state index in [4.69, 9.17) is 16.6 Å². The number of carbonyl (C=O) groups is 3. The second-order valence-electron chi connectivity index (χ2n) is 4.94. The molecule has 0 aliphatic heterocycles. The zero-order valence-corrected chi connectivity index (χ0v) is 14.2. The molecule has 128 valence electrons. The number of hydrogen-bond acceptors (Lipinski definition) is 7. The maximum Gasteiger partial charge on any atom is 2.00 e. The van der Waals surface area contributed by atoms with Crippen LogP contribution in [0.3, 0.4) is 0 Å². The van der Waals surface area contributed by atoms with E-state index in [1.165, 1.54) is 6.42 Å². The van der Waals surface area contributed by atoms with Gasteiger partial charge in [0.05, 0.1) is 17.5 Å². The van der Waals surface area contributed by atoms with Gasteiger partial charge in [-0.3, -0.25) is 0 Å². The summed E-state index contributed by atoms with van der Waals surface area (Å²) >= 11 is 0. The van der Waals surface area contributed by atoms with Crippen LogP contribution in [0.5, 0.6) is 0 Å². The molecule has 9 heteroatoms. The molecule has 0 amide bonds. The van der Waals surface area contributed by atoms with E-state index in [0.29, 0.717) is 12.1 Å². The van der Waals surface area contributed by atoms with Crippen LogP contribution >= 0.6 is 0 Å². The molecule has 0 radical (unpaired) electrons. The molecule has 0 aromatic heterocycles. The minimum atomic E-state index is -1.65. The van der Waals surface area contributed by atoms with Gasteiger partial charge in [0.25, 0.3) is 0 Å². The molecule has 8 nitrogen and oxygen atoms in total. The largest absolute Gasteiger partial charge is 2.00 e. The molecule has 2 unspecified atom stereocenters. The Balaban J connectivity index is 0.000000509. The van der Waals surface area contributed by atoms with Crippen LogP contribution in [-0.2, 0) is 21.1 Å². The first-order chi connectivity index (χ1) is 10.2. The molecular formula is C14H16N2O6Pt. The van der Waals surface area contributed by atoms with E-state index in [9.17, 15) is 24.6 Å². The first kappa shape index (κ1) is 21.2. The molecule has 1 aliphatic rings. The molecule has 23 heavy (non-hydrogen) atoms. The van der Waals surface area contributed by atoms with E-state index < -0.39 is 34.6 Å². The summed E-state index contributed by atoms with van der Waals surface area (Å²) in [4.78, 5) is 31.4. The Morgan fingerprint density at radius 1 is 0.913 bits per heavy atom. The Kier molecular flexibility index (Phi) is 8.67. The van der Waals surface area contributed by atoms with Crippen LogP contribution in [-0.4, -0.2) is 35.1 Å². The standard InChI is InChI=1S/C9H6O6.C5H12N2.Pt/c10-7(11)4-1-5(8(12)13)3-6(2-4)9(14)15;6-4-2-1-3-5(4)7;/h1-3H,(H,10,11)(H,12,13)(H,14,15);4-5H,1-3,6-7H2;/q;;+2/p-2. The van der Waals surface area contributed by atoms with Gasteiger partial charge in [-0.15, -0.1) is 0 Å². The number of carboxylic acids is 3. The van der Waals surface area contributed by atoms with Crippen molar-refractivity contribution in [3.63, 3.8) is 0 Å². The Bertz CT molecular complexity index is 506. The molecular weight excluding hydrogens is 487 g/mol. The van der Waals surface area contributed by atoms with Gasteiger partial charge in [-0.05, 0) is 42.2 Å². The van der Waals surface area contributed by atoms with E-state index in [-0.39, 0.29) is 21.1 Å². The fourth-order valence-corrected chi connectivity index (χ4v) is 2.00. The third kappa shape index (κ3) is 6.48. The molecule has 0 spiro atoms. The van der Waals surface area contributed by atoms with E-state index in [1.807, 2.05) is 0 Å². The molecule has 1 aromatic rings. The quantitative estimate of drug-likeness (QED) is 0.423. The first-order valence-electron chi connectivity index (χ1n) is 6.54. The maximum atomic E-state index is 10.5. The number of carbonyl (C=O) groups excluding carboxylic acids is 2. The molecule has 1 fully saturated rings. The van der Waals surface area contributed by atoms with Crippen LogP contribution in [0.1, 0.15) is 50.3 Å². The molecule has 0 saturated heterocycles. The summed E-state index contributed by atoms with van der Waals surface area (Å²) in [5.41, 5.74) is 9.62. The number of carboxylic acid groups (broad SMARTS) is 3. The number of hydrogen-bond donors (Lipinski definition) is 3. The van der Waals surface area contributed by atoms with Gasteiger partial charge in [0, 0.05) is 12.1 Å². The number of benzene rings is 1. The zero-order valence-electron chi connectivity index (χ0n) is 12.0. The Labute approximate surface area is 146 Å². The summed E-state index contributed by atoms with van der Waals surface area (Å²) < 4.78 is 0. The summed E-state index contributed by atoms with van der Waals surface area (Å²) in [6, 6.07) is 2.98. The second kappa shape index (κ2) is 9.39.